The fourth-order valence-electron chi connectivity index (χ4n) is 2.44. The lowest BCUT2D eigenvalue weighted by atomic mass is 10.0. The second-order valence-electron chi connectivity index (χ2n) is 5.20. The Labute approximate surface area is 127 Å². The highest BCUT2D eigenvalue weighted by Gasteiger charge is 2.15. The summed E-state index contributed by atoms with van der Waals surface area (Å²) in [6.07, 6.45) is 4.00. The number of aliphatic hydroxyl groups is 2. The van der Waals surface area contributed by atoms with Gasteiger partial charge >= 0.3 is 5.63 Å². The topological polar surface area (TPSA) is 70.7 Å². The van der Waals surface area contributed by atoms with Crippen LogP contribution in [-0.4, -0.2) is 10.2 Å². The number of aryl methyl sites for hydroxylation is 1. The van der Waals surface area contributed by atoms with E-state index in [1.54, 1.807) is 6.07 Å². The van der Waals surface area contributed by atoms with Crippen molar-refractivity contribution in [2.75, 3.05) is 0 Å². The van der Waals surface area contributed by atoms with Crippen LogP contribution in [0.3, 0.4) is 0 Å². The fraction of sp³-hybridized carbons (Fsp3) is 0.167. The van der Waals surface area contributed by atoms with Gasteiger partial charge in [0.2, 0.25) is 0 Å². The van der Waals surface area contributed by atoms with Gasteiger partial charge in [0.15, 0.2) is 11.5 Å². The molecule has 0 atom stereocenters. The Kier molecular flexibility index (Phi) is 3.59. The average Bonchev–Trinajstić information content (AvgIpc) is 2.66. The highest BCUT2D eigenvalue weighted by molar-refractivity contribution is 5.68. The first-order valence-corrected chi connectivity index (χ1v) is 7.15. The second kappa shape index (κ2) is 5.56. The van der Waals surface area contributed by atoms with Gasteiger partial charge in [0.1, 0.15) is 5.76 Å². The van der Waals surface area contributed by atoms with Crippen LogP contribution >= 0.6 is 0 Å². The maximum absolute atomic E-state index is 12.2. The third kappa shape index (κ3) is 2.55. The Morgan fingerprint density at radius 2 is 1.86 bits per heavy atom. The van der Waals surface area contributed by atoms with E-state index >= 15 is 0 Å². The zero-order valence-corrected chi connectivity index (χ0v) is 12.2. The molecule has 0 saturated heterocycles. The van der Waals surface area contributed by atoms with E-state index in [0.29, 0.717) is 16.9 Å². The van der Waals surface area contributed by atoms with Gasteiger partial charge in [-0.05, 0) is 35.8 Å². The van der Waals surface area contributed by atoms with Crippen molar-refractivity contribution >= 4 is 6.08 Å². The Morgan fingerprint density at radius 3 is 2.55 bits per heavy atom. The van der Waals surface area contributed by atoms with Crippen LogP contribution in [0, 0.1) is 0 Å². The summed E-state index contributed by atoms with van der Waals surface area (Å²) in [7, 11) is 0. The zero-order chi connectivity index (χ0) is 15.7. The molecule has 0 radical (unpaired) electrons. The van der Waals surface area contributed by atoms with Crippen LogP contribution in [0.25, 0.3) is 17.2 Å². The van der Waals surface area contributed by atoms with Crippen molar-refractivity contribution in [3.05, 3.63) is 75.2 Å². The van der Waals surface area contributed by atoms with Crippen LogP contribution in [0.15, 0.2) is 57.1 Å². The molecule has 0 aliphatic heterocycles. The summed E-state index contributed by atoms with van der Waals surface area (Å²) < 4.78 is 5.35. The molecule has 0 saturated carbocycles. The predicted octanol–water partition coefficient (Wildman–Crippen LogP) is 3.77. The molecule has 2 aromatic rings. The molecule has 1 aliphatic carbocycles. The lowest BCUT2D eigenvalue weighted by Crippen LogP contribution is -2.06. The zero-order valence-electron chi connectivity index (χ0n) is 12.2. The Morgan fingerprint density at radius 1 is 1.14 bits per heavy atom. The quantitative estimate of drug-likeness (QED) is 0.885. The van der Waals surface area contributed by atoms with E-state index in [9.17, 15) is 15.0 Å². The van der Waals surface area contributed by atoms with Crippen LogP contribution in [0.5, 0.6) is 0 Å². The van der Waals surface area contributed by atoms with E-state index in [4.69, 9.17) is 4.42 Å². The van der Waals surface area contributed by atoms with Gasteiger partial charge in [-0.2, -0.15) is 0 Å². The molecule has 0 amide bonds. The van der Waals surface area contributed by atoms with Gasteiger partial charge < -0.3 is 14.6 Å². The molecule has 0 spiro atoms. The molecule has 4 heteroatoms. The molecular weight excluding hydrogens is 280 g/mol. The van der Waals surface area contributed by atoms with Gasteiger partial charge in [0, 0.05) is 12.0 Å². The normalized spacial score (nSPS) is 13.9. The van der Waals surface area contributed by atoms with Gasteiger partial charge in [-0.25, -0.2) is 4.79 Å². The van der Waals surface area contributed by atoms with Crippen LogP contribution < -0.4 is 5.63 Å². The second-order valence-corrected chi connectivity index (χ2v) is 5.20. The molecule has 0 unspecified atom stereocenters. The largest absolute Gasteiger partial charge is 0.504 e. The van der Waals surface area contributed by atoms with Gasteiger partial charge in [0.05, 0.1) is 5.56 Å². The van der Waals surface area contributed by atoms with Gasteiger partial charge in [-0.3, -0.25) is 0 Å². The van der Waals surface area contributed by atoms with Gasteiger partial charge in [0.25, 0.3) is 0 Å². The molecule has 1 heterocycles. The molecule has 1 aliphatic rings. The highest BCUT2D eigenvalue weighted by atomic mass is 16.4. The van der Waals surface area contributed by atoms with E-state index < -0.39 is 5.63 Å². The lowest BCUT2D eigenvalue weighted by molar-refractivity contribution is 0.329. The maximum atomic E-state index is 12.2. The lowest BCUT2D eigenvalue weighted by Gasteiger charge is -2.06. The monoisotopic (exact) mass is 296 g/mol. The summed E-state index contributed by atoms with van der Waals surface area (Å²) in [6.45, 7) is 2.07. The number of hydrogen-bond acceptors (Lipinski definition) is 4. The van der Waals surface area contributed by atoms with Crippen molar-refractivity contribution in [1.82, 2.24) is 0 Å². The van der Waals surface area contributed by atoms with Crippen LogP contribution in [-0.2, 0) is 12.8 Å². The number of hydrogen-bond donors (Lipinski definition) is 2. The maximum Gasteiger partial charge on any atom is 0.343 e. The molecule has 1 aromatic heterocycles. The van der Waals surface area contributed by atoms with Crippen molar-refractivity contribution in [3.63, 3.8) is 0 Å². The first-order valence-electron chi connectivity index (χ1n) is 7.15. The third-order valence-electron chi connectivity index (χ3n) is 3.77. The molecule has 4 nitrogen and oxygen atoms in total. The van der Waals surface area contributed by atoms with Gasteiger partial charge in [-0.1, -0.05) is 31.2 Å². The SMILES string of the molecule is CCc1ccc(-c2cc3c(oc2=O)CC=C(O)C(O)=C3)cc1. The number of allylic oxidation sites excluding steroid dienone is 1. The van der Waals surface area contributed by atoms with Gasteiger partial charge in [-0.15, -0.1) is 0 Å². The minimum atomic E-state index is -0.425. The molecule has 0 fully saturated rings. The number of rotatable bonds is 2. The fourth-order valence-corrected chi connectivity index (χ4v) is 2.44. The first kappa shape index (κ1) is 14.2. The van der Waals surface area contributed by atoms with Crippen molar-refractivity contribution in [2.45, 2.75) is 19.8 Å². The third-order valence-corrected chi connectivity index (χ3v) is 3.77. The number of aliphatic hydroxyl groups excluding tert-OH is 2. The molecule has 0 bridgehead atoms. The van der Waals surface area contributed by atoms with Crippen molar-refractivity contribution in [2.24, 2.45) is 0 Å². The molecular formula is C18H16O4. The van der Waals surface area contributed by atoms with Crippen LogP contribution in [0.4, 0.5) is 0 Å². The van der Waals surface area contributed by atoms with E-state index in [2.05, 4.69) is 6.92 Å². The predicted molar refractivity (Wildman–Crippen MR) is 84.8 cm³/mol. The highest BCUT2D eigenvalue weighted by Crippen LogP contribution is 2.24. The summed E-state index contributed by atoms with van der Waals surface area (Å²) in [5.74, 6) is -0.0258. The molecule has 1 aromatic carbocycles. The van der Waals surface area contributed by atoms with Crippen molar-refractivity contribution in [3.8, 4) is 11.1 Å². The van der Waals surface area contributed by atoms with Crippen molar-refractivity contribution in [1.29, 1.82) is 0 Å². The Hall–Kier alpha value is -2.75. The molecule has 22 heavy (non-hydrogen) atoms. The smallest absolute Gasteiger partial charge is 0.343 e. The van der Waals surface area contributed by atoms with Crippen molar-refractivity contribution < 1.29 is 14.6 Å². The summed E-state index contributed by atoms with van der Waals surface area (Å²) >= 11 is 0. The number of fused-ring (bicyclic) bond motifs is 1. The summed E-state index contributed by atoms with van der Waals surface area (Å²) in [5.41, 5.74) is 2.56. The minimum Gasteiger partial charge on any atom is -0.504 e. The summed E-state index contributed by atoms with van der Waals surface area (Å²) in [6, 6.07) is 9.40. The summed E-state index contributed by atoms with van der Waals surface area (Å²) in [5, 5.41) is 19.3. The van der Waals surface area contributed by atoms with Crippen LogP contribution in [0.1, 0.15) is 23.8 Å². The summed E-state index contributed by atoms with van der Waals surface area (Å²) in [4.78, 5) is 12.2. The minimum absolute atomic E-state index is 0.215. The van der Waals surface area contributed by atoms with E-state index in [1.165, 1.54) is 17.7 Å². The molecule has 112 valence electrons. The van der Waals surface area contributed by atoms with E-state index in [1.807, 2.05) is 24.3 Å². The number of benzene rings is 1. The Balaban J connectivity index is 2.11. The first-order chi connectivity index (χ1) is 10.6. The molecule has 3 rings (SSSR count). The Bertz CT molecular complexity index is 823. The van der Waals surface area contributed by atoms with E-state index in [-0.39, 0.29) is 17.9 Å². The average molecular weight is 296 g/mol. The van der Waals surface area contributed by atoms with Crippen LogP contribution in [0.2, 0.25) is 0 Å². The molecule has 2 N–H and O–H groups in total. The standard InChI is InChI=1S/C18H16O4/c1-2-11-3-5-12(6-4-11)14-9-13-10-16(20)15(19)7-8-17(13)22-18(14)21/h3-7,9-10,19-20H,2,8H2,1H3. The van der Waals surface area contributed by atoms with E-state index in [0.717, 1.165) is 12.0 Å².